The molecule has 0 aliphatic carbocycles. The summed E-state index contributed by atoms with van der Waals surface area (Å²) in [5.41, 5.74) is 6.95. The molecule has 1 aromatic carbocycles. The highest BCUT2D eigenvalue weighted by Gasteiger charge is 2.09. The third-order valence-corrected chi connectivity index (χ3v) is 2.93. The average Bonchev–Trinajstić information content (AvgIpc) is 2.53. The van der Waals surface area contributed by atoms with Gasteiger partial charge in [0.2, 0.25) is 0 Å². The lowest BCUT2D eigenvalue weighted by molar-refractivity contribution is 0.146. The highest BCUT2D eigenvalue weighted by atomic mass is 19.3. The van der Waals surface area contributed by atoms with Gasteiger partial charge in [0.15, 0.2) is 11.5 Å². The monoisotopic (exact) mass is 294 g/mol. The Balaban J connectivity index is 2.05. The van der Waals surface area contributed by atoms with Crippen LogP contribution in [0.4, 0.5) is 8.78 Å². The molecule has 0 aliphatic heterocycles. The summed E-state index contributed by atoms with van der Waals surface area (Å²) in [6.45, 7) is 0.629. The van der Waals surface area contributed by atoms with Crippen molar-refractivity contribution in [2.45, 2.75) is 19.6 Å². The largest absolute Gasteiger partial charge is 0.493 e. The van der Waals surface area contributed by atoms with Crippen molar-refractivity contribution in [1.29, 1.82) is 0 Å². The van der Waals surface area contributed by atoms with E-state index in [1.807, 2.05) is 6.07 Å². The molecular weight excluding hydrogens is 278 g/mol. The van der Waals surface area contributed by atoms with Crippen molar-refractivity contribution in [1.82, 2.24) is 4.98 Å². The second-order valence-electron chi connectivity index (χ2n) is 4.37. The van der Waals surface area contributed by atoms with Crippen LogP contribution in [0, 0.1) is 0 Å². The Hall–Kier alpha value is -2.21. The van der Waals surface area contributed by atoms with Crippen LogP contribution in [-0.4, -0.2) is 12.1 Å². The number of nitrogens with zero attached hydrogens (tertiary/aromatic N) is 1. The van der Waals surface area contributed by atoms with E-state index in [0.717, 1.165) is 5.56 Å². The van der Waals surface area contributed by atoms with Gasteiger partial charge in [-0.15, -0.1) is 0 Å². The summed E-state index contributed by atoms with van der Waals surface area (Å²) in [6, 6.07) is 8.26. The summed E-state index contributed by atoms with van der Waals surface area (Å²) in [6.07, 6.45) is -1.19. The molecule has 0 spiro atoms. The summed E-state index contributed by atoms with van der Waals surface area (Å²) in [5, 5.41) is 0. The minimum absolute atomic E-state index is 0.217. The quantitative estimate of drug-likeness (QED) is 0.889. The molecule has 6 heteroatoms. The smallest absolute Gasteiger partial charge is 0.280 e. The van der Waals surface area contributed by atoms with Crippen molar-refractivity contribution in [3.63, 3.8) is 0 Å². The Labute approximate surface area is 121 Å². The van der Waals surface area contributed by atoms with Crippen molar-refractivity contribution in [2.24, 2.45) is 5.73 Å². The van der Waals surface area contributed by atoms with Crippen molar-refractivity contribution in [2.75, 3.05) is 7.11 Å². The van der Waals surface area contributed by atoms with Gasteiger partial charge in [-0.2, -0.15) is 0 Å². The maximum absolute atomic E-state index is 12.4. The Morgan fingerprint density at radius 2 is 1.90 bits per heavy atom. The van der Waals surface area contributed by atoms with Crippen LogP contribution in [0.15, 0.2) is 36.5 Å². The van der Waals surface area contributed by atoms with Gasteiger partial charge in [-0.25, -0.2) is 8.78 Å². The van der Waals surface area contributed by atoms with Gasteiger partial charge >= 0.3 is 0 Å². The predicted molar refractivity (Wildman–Crippen MR) is 74.4 cm³/mol. The van der Waals surface area contributed by atoms with Crippen LogP contribution in [0.2, 0.25) is 0 Å². The Morgan fingerprint density at radius 3 is 2.48 bits per heavy atom. The third kappa shape index (κ3) is 3.88. The molecule has 4 nitrogen and oxygen atoms in total. The molecular formula is C15H16F2N2O2. The molecule has 0 saturated heterocycles. The third-order valence-electron chi connectivity index (χ3n) is 2.93. The number of methoxy groups -OCH3 is 1. The number of pyridine rings is 1. The van der Waals surface area contributed by atoms with Crippen molar-refractivity contribution in [3.8, 4) is 11.5 Å². The summed E-state index contributed by atoms with van der Waals surface area (Å²) in [4.78, 5) is 3.68. The highest BCUT2D eigenvalue weighted by Crippen LogP contribution is 2.28. The van der Waals surface area contributed by atoms with Gasteiger partial charge < -0.3 is 15.2 Å². The van der Waals surface area contributed by atoms with Crippen LogP contribution >= 0.6 is 0 Å². The van der Waals surface area contributed by atoms with E-state index in [4.69, 9.17) is 15.2 Å². The van der Waals surface area contributed by atoms with Crippen LogP contribution in [0.25, 0.3) is 0 Å². The molecule has 0 bridgehead atoms. The lowest BCUT2D eigenvalue weighted by Gasteiger charge is -2.12. The van der Waals surface area contributed by atoms with Gasteiger partial charge in [-0.3, -0.25) is 4.98 Å². The first-order valence-electron chi connectivity index (χ1n) is 6.36. The van der Waals surface area contributed by atoms with Crippen molar-refractivity contribution >= 4 is 0 Å². The summed E-state index contributed by atoms with van der Waals surface area (Å²) in [5.74, 6) is 1.14. The maximum atomic E-state index is 12.4. The van der Waals surface area contributed by atoms with Crippen LogP contribution < -0.4 is 15.2 Å². The first kappa shape index (κ1) is 15.2. The Morgan fingerprint density at radius 1 is 1.14 bits per heavy atom. The minimum atomic E-state index is -2.57. The highest BCUT2D eigenvalue weighted by molar-refractivity contribution is 5.43. The molecule has 21 heavy (non-hydrogen) atoms. The normalized spacial score (nSPS) is 10.7. The SMILES string of the molecule is COc1cc(CN)ccc1OCc1ccc(C(F)F)nc1. The molecule has 0 aliphatic rings. The number of nitrogens with two attached hydrogens (primary N) is 1. The minimum Gasteiger partial charge on any atom is -0.493 e. The number of rotatable bonds is 6. The van der Waals surface area contributed by atoms with Crippen LogP contribution in [-0.2, 0) is 13.2 Å². The second-order valence-corrected chi connectivity index (χ2v) is 4.37. The number of halogens is 2. The van der Waals surface area contributed by atoms with E-state index in [1.165, 1.54) is 12.3 Å². The molecule has 0 saturated carbocycles. The van der Waals surface area contributed by atoms with Gasteiger partial charge in [0.25, 0.3) is 6.43 Å². The molecule has 0 unspecified atom stereocenters. The van der Waals surface area contributed by atoms with Crippen molar-refractivity contribution in [3.05, 3.63) is 53.3 Å². The molecule has 2 rings (SSSR count). The van der Waals surface area contributed by atoms with Crippen LogP contribution in [0.3, 0.4) is 0 Å². The van der Waals surface area contributed by atoms with Gasteiger partial charge in [-0.05, 0) is 23.8 Å². The maximum Gasteiger partial charge on any atom is 0.280 e. The zero-order valence-corrected chi connectivity index (χ0v) is 11.6. The lowest BCUT2D eigenvalue weighted by atomic mass is 10.2. The first-order chi connectivity index (χ1) is 10.1. The molecule has 1 aromatic heterocycles. The fraction of sp³-hybridized carbons (Fsp3) is 0.267. The number of ether oxygens (including phenoxy) is 2. The molecule has 0 radical (unpaired) electrons. The first-order valence-corrected chi connectivity index (χ1v) is 6.36. The molecule has 0 amide bonds. The zero-order valence-electron chi connectivity index (χ0n) is 11.6. The fourth-order valence-corrected chi connectivity index (χ4v) is 1.77. The van der Waals surface area contributed by atoms with E-state index >= 15 is 0 Å². The van der Waals surface area contributed by atoms with Gasteiger partial charge in [0, 0.05) is 18.3 Å². The van der Waals surface area contributed by atoms with Crippen LogP contribution in [0.5, 0.6) is 11.5 Å². The Kier molecular flexibility index (Phi) is 5.05. The number of benzene rings is 1. The van der Waals surface area contributed by atoms with Gasteiger partial charge in [-0.1, -0.05) is 12.1 Å². The molecule has 0 fully saturated rings. The van der Waals surface area contributed by atoms with E-state index in [-0.39, 0.29) is 12.3 Å². The lowest BCUT2D eigenvalue weighted by Crippen LogP contribution is -2.01. The molecule has 2 aromatic rings. The van der Waals surface area contributed by atoms with E-state index in [9.17, 15) is 8.78 Å². The fourth-order valence-electron chi connectivity index (χ4n) is 1.77. The topological polar surface area (TPSA) is 57.4 Å². The Bertz CT molecular complexity index is 589. The van der Waals surface area contributed by atoms with Crippen LogP contribution in [0.1, 0.15) is 23.2 Å². The van der Waals surface area contributed by atoms with E-state index in [1.54, 1.807) is 25.3 Å². The van der Waals surface area contributed by atoms with Gasteiger partial charge in [0.1, 0.15) is 12.3 Å². The molecule has 2 N–H and O–H groups in total. The van der Waals surface area contributed by atoms with Crippen molar-refractivity contribution < 1.29 is 18.3 Å². The number of alkyl halides is 2. The average molecular weight is 294 g/mol. The summed E-state index contributed by atoms with van der Waals surface area (Å²) in [7, 11) is 1.54. The predicted octanol–water partition coefficient (Wildman–Crippen LogP) is 3.07. The number of hydrogen-bond acceptors (Lipinski definition) is 4. The number of hydrogen-bond donors (Lipinski definition) is 1. The van der Waals surface area contributed by atoms with E-state index < -0.39 is 6.43 Å². The van der Waals surface area contributed by atoms with E-state index in [2.05, 4.69) is 4.98 Å². The second kappa shape index (κ2) is 6.99. The number of aromatic nitrogens is 1. The molecule has 0 atom stereocenters. The van der Waals surface area contributed by atoms with Gasteiger partial charge in [0.05, 0.1) is 7.11 Å². The van der Waals surface area contributed by atoms with E-state index in [0.29, 0.717) is 23.6 Å². The summed E-state index contributed by atoms with van der Waals surface area (Å²) < 4.78 is 35.7. The zero-order chi connectivity index (χ0) is 15.2. The summed E-state index contributed by atoms with van der Waals surface area (Å²) >= 11 is 0. The molecule has 1 heterocycles. The molecule has 112 valence electrons. The standard InChI is InChI=1S/C15H16F2N2O2/c1-20-14-6-10(7-18)3-5-13(14)21-9-11-2-4-12(15(16)17)19-8-11/h2-6,8,15H,7,9,18H2,1H3.